The van der Waals surface area contributed by atoms with E-state index < -0.39 is 112 Å². The quantitative estimate of drug-likeness (QED) is 0.0454. The summed E-state index contributed by atoms with van der Waals surface area (Å²) >= 11 is 0. The van der Waals surface area contributed by atoms with Gasteiger partial charge in [0.25, 0.3) is 12.1 Å². The Morgan fingerprint density at radius 2 is 1.13 bits per heavy atom. The van der Waals surface area contributed by atoms with Crippen LogP contribution in [0.2, 0.25) is 0 Å². The molecule has 0 spiro atoms. The van der Waals surface area contributed by atoms with Gasteiger partial charge < -0.3 is 63.3 Å². The first kappa shape index (κ1) is 64.0. The van der Waals surface area contributed by atoms with E-state index in [0.717, 1.165) is 0 Å². The summed E-state index contributed by atoms with van der Waals surface area (Å²) in [6.45, 7) is 21.7. The number of esters is 2. The Morgan fingerprint density at radius 3 is 1.61 bits per heavy atom. The summed E-state index contributed by atoms with van der Waals surface area (Å²) in [5, 5.41) is 5.39. The average Bonchev–Trinajstić information content (AvgIpc) is 4.23. The van der Waals surface area contributed by atoms with Crippen molar-refractivity contribution in [1.82, 2.24) is 15.1 Å². The Kier molecular flexibility index (Phi) is 20.4. The molecule has 3 aromatic rings. The second kappa shape index (κ2) is 26.1. The number of para-hydroxylation sites is 2. The number of fused-ring (bicyclic) bond motifs is 2. The molecule has 6 heterocycles. The van der Waals surface area contributed by atoms with Crippen molar-refractivity contribution in [2.45, 2.75) is 162 Å². The molecule has 24 nitrogen and oxygen atoms in total. The molecule has 8 rings (SSSR count). The first-order chi connectivity index (χ1) is 38.3. The van der Waals surface area contributed by atoms with Crippen LogP contribution in [0.25, 0.3) is 0 Å². The van der Waals surface area contributed by atoms with E-state index in [9.17, 15) is 28.3 Å². The number of benzene rings is 2. The number of amides is 2. The van der Waals surface area contributed by atoms with Crippen LogP contribution < -0.4 is 35.3 Å². The molecule has 12 atom stereocenters. The van der Waals surface area contributed by atoms with E-state index in [2.05, 4.69) is 10.2 Å². The highest BCUT2D eigenvalue weighted by Crippen LogP contribution is 2.49. The molecule has 4 fully saturated rings. The highest BCUT2D eigenvalue weighted by molar-refractivity contribution is 7.52. The van der Waals surface area contributed by atoms with Gasteiger partial charge in [-0.3, -0.25) is 28.2 Å². The predicted octanol–water partition coefficient (Wildman–Crippen LogP) is 6.85. The van der Waals surface area contributed by atoms with Gasteiger partial charge in [-0.25, -0.2) is 9.13 Å². The molecule has 82 heavy (non-hydrogen) atoms. The van der Waals surface area contributed by atoms with E-state index in [1.807, 2.05) is 41.5 Å². The van der Waals surface area contributed by atoms with Crippen LogP contribution in [0.5, 0.6) is 11.5 Å². The lowest BCUT2D eigenvalue weighted by molar-refractivity contribution is -0.766. The van der Waals surface area contributed by atoms with E-state index in [-0.39, 0.29) is 48.8 Å². The molecule has 2 amide bonds. The van der Waals surface area contributed by atoms with Crippen molar-refractivity contribution in [3.05, 3.63) is 115 Å². The standard InChI is InChI=1S/C28H40N3O9P.C28H38N3O9P/c2*1-18(26(33)35-17-27(2,3)4)30-41(34,40-20-12-8-7-9-13-20)36-16-21-22-23(39-28(5,6)38-22)25(37-21)31-14-10-11-19(15-31)24(29)32/h7-10,12-15,18,21-23,25H,11,16-17H2,1-6H3,(H2,29,32)(H,30,34);7-15,18,21-23,25H,16-17H2,1-6H3,(H2-,29,30,32,34)/p+1/t2*18?,21?,22-,23-,25-,41?/m11/s1. The van der Waals surface area contributed by atoms with Crippen molar-refractivity contribution in [2.75, 3.05) is 26.4 Å². The highest BCUT2D eigenvalue weighted by atomic mass is 31.2. The number of nitrogens with two attached hydrogens (primary N) is 2. The van der Waals surface area contributed by atoms with Crippen LogP contribution in [0.4, 0.5) is 0 Å². The number of ether oxygens (including phenoxy) is 8. The van der Waals surface area contributed by atoms with Gasteiger partial charge in [0.15, 0.2) is 36.3 Å². The first-order valence-electron chi connectivity index (χ1n) is 26.9. The van der Waals surface area contributed by atoms with Crippen LogP contribution in [-0.4, -0.2) is 122 Å². The molecule has 0 aliphatic carbocycles. The van der Waals surface area contributed by atoms with Gasteiger partial charge in [-0.2, -0.15) is 14.7 Å². The Hall–Kier alpha value is -5.59. The minimum atomic E-state index is -4.14. The van der Waals surface area contributed by atoms with Crippen LogP contribution in [0.15, 0.2) is 109 Å². The Balaban J connectivity index is 0.000000236. The minimum Gasteiger partial charge on any atom is -0.464 e. The molecular weight excluding hydrogens is 1110 g/mol. The zero-order valence-electron chi connectivity index (χ0n) is 48.4. The number of carbonyl (C=O) groups excluding carboxylic acids is 4. The third-order valence-corrected chi connectivity index (χ3v) is 15.9. The third kappa shape index (κ3) is 17.7. The Morgan fingerprint density at radius 1 is 0.671 bits per heavy atom. The number of carbonyl (C=O) groups is 4. The van der Waals surface area contributed by atoms with Crippen molar-refractivity contribution < 1.29 is 88.9 Å². The second-order valence-electron chi connectivity index (χ2n) is 23.7. The molecule has 0 bridgehead atoms. The van der Waals surface area contributed by atoms with Gasteiger partial charge in [0.1, 0.15) is 59.7 Å². The monoisotopic (exact) mass is 1190 g/mol. The molecule has 2 aromatic carbocycles. The zero-order valence-corrected chi connectivity index (χ0v) is 50.2. The van der Waals surface area contributed by atoms with Gasteiger partial charge in [0.05, 0.1) is 26.4 Å². The highest BCUT2D eigenvalue weighted by Gasteiger charge is 2.60. The zero-order chi connectivity index (χ0) is 60.0. The lowest BCUT2D eigenvalue weighted by atomic mass is 9.99. The summed E-state index contributed by atoms with van der Waals surface area (Å²) in [4.78, 5) is 50.6. The number of allylic oxidation sites excluding steroid dienone is 1. The van der Waals surface area contributed by atoms with Crippen molar-refractivity contribution in [1.29, 1.82) is 0 Å². The van der Waals surface area contributed by atoms with E-state index in [4.69, 9.17) is 67.5 Å². The fourth-order valence-electron chi connectivity index (χ4n) is 8.93. The van der Waals surface area contributed by atoms with Crippen molar-refractivity contribution in [3.8, 4) is 11.5 Å². The van der Waals surface area contributed by atoms with Crippen LogP contribution in [-0.2, 0) is 70.5 Å². The van der Waals surface area contributed by atoms with Gasteiger partial charge >= 0.3 is 27.4 Å². The van der Waals surface area contributed by atoms with E-state index in [1.54, 1.807) is 141 Å². The summed E-state index contributed by atoms with van der Waals surface area (Å²) < 4.78 is 101. The number of aromatic nitrogens is 1. The summed E-state index contributed by atoms with van der Waals surface area (Å²) in [6.07, 6.45) is 3.76. The summed E-state index contributed by atoms with van der Waals surface area (Å²) in [5.74, 6) is -3.59. The van der Waals surface area contributed by atoms with Crippen LogP contribution in [0, 0.1) is 10.8 Å². The minimum absolute atomic E-state index is 0.185. The fourth-order valence-corrected chi connectivity index (χ4v) is 11.9. The van der Waals surface area contributed by atoms with Gasteiger partial charge in [0.2, 0.25) is 5.91 Å². The number of hydrogen-bond donors (Lipinski definition) is 4. The molecule has 450 valence electrons. The molecule has 5 aliphatic heterocycles. The summed E-state index contributed by atoms with van der Waals surface area (Å²) in [6, 6.07) is 18.2. The van der Waals surface area contributed by atoms with Gasteiger partial charge in [0, 0.05) is 24.0 Å². The van der Waals surface area contributed by atoms with Crippen molar-refractivity contribution >= 4 is 39.2 Å². The number of primary amides is 2. The van der Waals surface area contributed by atoms with Gasteiger partial charge in [-0.05, 0) is 89.1 Å². The maximum atomic E-state index is 14.0. The van der Waals surface area contributed by atoms with E-state index >= 15 is 0 Å². The molecule has 5 aliphatic rings. The van der Waals surface area contributed by atoms with Crippen LogP contribution >= 0.6 is 15.5 Å². The molecule has 26 heteroatoms. The SMILES string of the molecule is CC(NP(=O)(OCC1O[C@@H](N2C=CCC(C(N)=O)=C2)[C@@H]2OC(C)(C)O[C@H]12)Oc1ccccc1)C(=O)OCC(C)(C)C.CC(NP(=O)(OCC1O[C@@H]([n+]2cccc(C(N)=O)c2)[C@@H]2OC(C)(C)O[C@H]12)Oc1ccccc1)C(=O)OCC(C)(C)C. The number of hydrogen-bond acceptors (Lipinski definition) is 19. The lowest BCUT2D eigenvalue weighted by Gasteiger charge is -2.31. The maximum Gasteiger partial charge on any atom is 0.459 e. The van der Waals surface area contributed by atoms with Crippen molar-refractivity contribution in [2.24, 2.45) is 22.3 Å². The van der Waals surface area contributed by atoms with E-state index in [1.165, 1.54) is 13.8 Å². The number of nitrogens with one attached hydrogen (secondary N) is 2. The topological polar surface area (TPSA) is 296 Å². The number of rotatable bonds is 22. The average molecular weight is 1190 g/mol. The second-order valence-corrected chi connectivity index (χ2v) is 27.0. The van der Waals surface area contributed by atoms with Gasteiger partial charge in [-0.15, -0.1) is 0 Å². The van der Waals surface area contributed by atoms with Crippen molar-refractivity contribution in [3.63, 3.8) is 0 Å². The lowest BCUT2D eigenvalue weighted by Crippen LogP contribution is -2.46. The largest absolute Gasteiger partial charge is 0.464 e. The number of nitrogens with zero attached hydrogens (tertiary/aromatic N) is 2. The third-order valence-electron chi connectivity index (χ3n) is 12.6. The predicted molar refractivity (Wildman–Crippen MR) is 296 cm³/mol. The summed E-state index contributed by atoms with van der Waals surface area (Å²) in [5.41, 5.74) is 11.2. The summed E-state index contributed by atoms with van der Waals surface area (Å²) in [7, 11) is -8.28. The molecule has 1 aromatic heterocycles. The smallest absolute Gasteiger partial charge is 0.459 e. The molecule has 0 saturated carbocycles. The Bertz CT molecular complexity index is 2880. The molecular formula is C56H79N6O18P2+. The normalized spacial score (nSPS) is 26.5. The van der Waals surface area contributed by atoms with E-state index in [0.29, 0.717) is 17.6 Å². The van der Waals surface area contributed by atoms with Gasteiger partial charge in [-0.1, -0.05) is 84.0 Å². The molecule has 6 unspecified atom stereocenters. The number of pyridine rings is 1. The fraction of sp³-hybridized carbons (Fsp3) is 0.554. The van der Waals surface area contributed by atoms with Crippen LogP contribution in [0.1, 0.15) is 106 Å². The molecule has 4 saturated heterocycles. The maximum absolute atomic E-state index is 14.0. The first-order valence-corrected chi connectivity index (χ1v) is 30.0. The van der Waals surface area contributed by atoms with Crippen LogP contribution in [0.3, 0.4) is 0 Å². The Labute approximate surface area is 478 Å². The molecule has 6 N–H and O–H groups in total. The molecule has 0 radical (unpaired) electrons.